The van der Waals surface area contributed by atoms with Crippen molar-refractivity contribution in [1.82, 2.24) is 0 Å². The fourth-order valence-electron chi connectivity index (χ4n) is 2.45. The lowest BCUT2D eigenvalue weighted by molar-refractivity contribution is 0.0821. The van der Waals surface area contributed by atoms with Gasteiger partial charge in [0.2, 0.25) is 0 Å². The molecule has 0 fully saturated rings. The van der Waals surface area contributed by atoms with E-state index in [9.17, 15) is 8.42 Å². The molecule has 0 saturated heterocycles. The van der Waals surface area contributed by atoms with E-state index in [4.69, 9.17) is 8.37 Å². The van der Waals surface area contributed by atoms with Crippen molar-refractivity contribution in [2.75, 3.05) is 0 Å². The van der Waals surface area contributed by atoms with Gasteiger partial charge in [-0.1, -0.05) is 41.5 Å². The second kappa shape index (κ2) is 9.11. The third-order valence-corrected chi connectivity index (χ3v) is 4.91. The smallest absolute Gasteiger partial charge is 0.245 e. The summed E-state index contributed by atoms with van der Waals surface area (Å²) >= 11 is 0. The maximum absolute atomic E-state index is 12.0. The van der Waals surface area contributed by atoms with Crippen LogP contribution in [-0.4, -0.2) is 20.6 Å². The van der Waals surface area contributed by atoms with Gasteiger partial charge in [0.15, 0.2) is 0 Å². The van der Waals surface area contributed by atoms with E-state index < -0.39 is 10.4 Å². The Morgan fingerprint density at radius 2 is 0.952 bits per heavy atom. The molecule has 21 heavy (non-hydrogen) atoms. The molecule has 0 N–H and O–H groups in total. The lowest BCUT2D eigenvalue weighted by Crippen LogP contribution is -2.29. The van der Waals surface area contributed by atoms with Gasteiger partial charge in [-0.05, 0) is 50.4 Å². The highest BCUT2D eigenvalue weighted by Crippen LogP contribution is 2.22. The molecule has 5 heteroatoms. The van der Waals surface area contributed by atoms with Gasteiger partial charge in [-0.15, -0.1) is 0 Å². The van der Waals surface area contributed by atoms with Crippen LogP contribution in [0.2, 0.25) is 0 Å². The first kappa shape index (κ1) is 20.9. The molecular formula is C16H34O4S. The first-order chi connectivity index (χ1) is 9.44. The Morgan fingerprint density at radius 3 is 1.19 bits per heavy atom. The maximum Gasteiger partial charge on any atom is 0.400 e. The Kier molecular flexibility index (Phi) is 9.05. The van der Waals surface area contributed by atoms with E-state index in [1.54, 1.807) is 13.8 Å². The van der Waals surface area contributed by atoms with Crippen LogP contribution in [0.25, 0.3) is 0 Å². The van der Waals surface area contributed by atoms with Gasteiger partial charge in [0.25, 0.3) is 0 Å². The van der Waals surface area contributed by atoms with Crippen LogP contribution in [0.5, 0.6) is 0 Å². The van der Waals surface area contributed by atoms with Gasteiger partial charge in [0.05, 0.1) is 12.2 Å². The zero-order valence-electron chi connectivity index (χ0n) is 14.9. The Bertz CT molecular complexity index is 346. The van der Waals surface area contributed by atoms with E-state index in [1.807, 2.05) is 13.8 Å². The minimum absolute atomic E-state index is 0.173. The molecule has 0 aromatic carbocycles. The SMILES string of the molecule is CC(C)CC(C)C(C)OS(=O)(=O)OC(C)C(C)CC(C)C. The van der Waals surface area contributed by atoms with Gasteiger partial charge in [-0.25, -0.2) is 8.37 Å². The largest absolute Gasteiger partial charge is 0.400 e. The minimum Gasteiger partial charge on any atom is -0.245 e. The second-order valence-electron chi connectivity index (χ2n) is 7.22. The summed E-state index contributed by atoms with van der Waals surface area (Å²) in [6, 6.07) is 0. The summed E-state index contributed by atoms with van der Waals surface area (Å²) < 4.78 is 34.3. The van der Waals surface area contributed by atoms with Crippen molar-refractivity contribution in [3.63, 3.8) is 0 Å². The highest BCUT2D eigenvalue weighted by Gasteiger charge is 2.26. The van der Waals surface area contributed by atoms with Crippen LogP contribution in [0.1, 0.15) is 68.2 Å². The Labute approximate surface area is 131 Å². The molecule has 4 atom stereocenters. The first-order valence-electron chi connectivity index (χ1n) is 8.06. The quantitative estimate of drug-likeness (QED) is 0.598. The monoisotopic (exact) mass is 322 g/mol. The normalized spacial score (nSPS) is 18.8. The predicted molar refractivity (Wildman–Crippen MR) is 87.3 cm³/mol. The highest BCUT2D eigenvalue weighted by molar-refractivity contribution is 7.81. The molecule has 0 aliphatic heterocycles. The minimum atomic E-state index is -3.94. The van der Waals surface area contributed by atoms with Crippen molar-refractivity contribution in [3.05, 3.63) is 0 Å². The van der Waals surface area contributed by atoms with E-state index >= 15 is 0 Å². The summed E-state index contributed by atoms with van der Waals surface area (Å²) in [4.78, 5) is 0. The molecule has 128 valence electrons. The molecule has 0 aromatic heterocycles. The van der Waals surface area contributed by atoms with Gasteiger partial charge in [-0.3, -0.25) is 0 Å². The van der Waals surface area contributed by atoms with E-state index in [2.05, 4.69) is 27.7 Å². The molecule has 4 unspecified atom stereocenters. The fraction of sp³-hybridized carbons (Fsp3) is 1.00. The van der Waals surface area contributed by atoms with Gasteiger partial charge >= 0.3 is 10.4 Å². The van der Waals surface area contributed by atoms with Crippen LogP contribution >= 0.6 is 0 Å². The molecule has 0 amide bonds. The molecule has 0 aliphatic carbocycles. The molecule has 0 heterocycles. The van der Waals surface area contributed by atoms with Crippen molar-refractivity contribution in [3.8, 4) is 0 Å². The molecule has 0 bridgehead atoms. The molecule has 0 aliphatic rings. The van der Waals surface area contributed by atoms with E-state index in [-0.39, 0.29) is 24.0 Å². The summed E-state index contributed by atoms with van der Waals surface area (Å²) in [5, 5.41) is 0. The Morgan fingerprint density at radius 1 is 0.667 bits per heavy atom. The van der Waals surface area contributed by atoms with Crippen molar-refractivity contribution in [2.45, 2.75) is 80.4 Å². The summed E-state index contributed by atoms with van der Waals surface area (Å²) in [6.07, 6.45) is 1.11. The van der Waals surface area contributed by atoms with Crippen LogP contribution in [-0.2, 0) is 18.8 Å². The topological polar surface area (TPSA) is 52.6 Å². The zero-order chi connectivity index (χ0) is 16.8. The van der Waals surface area contributed by atoms with Crippen LogP contribution < -0.4 is 0 Å². The van der Waals surface area contributed by atoms with Crippen LogP contribution in [0, 0.1) is 23.7 Å². The van der Waals surface area contributed by atoms with E-state index in [1.165, 1.54) is 0 Å². The maximum atomic E-state index is 12.0. The molecule has 0 spiro atoms. The van der Waals surface area contributed by atoms with Crippen LogP contribution in [0.4, 0.5) is 0 Å². The molecule has 0 radical (unpaired) electrons. The van der Waals surface area contributed by atoms with Crippen molar-refractivity contribution < 1.29 is 16.8 Å². The van der Waals surface area contributed by atoms with E-state index in [0.717, 1.165) is 12.8 Å². The summed E-state index contributed by atoms with van der Waals surface area (Å²) in [5.74, 6) is 1.37. The van der Waals surface area contributed by atoms with Gasteiger partial charge in [0.1, 0.15) is 0 Å². The second-order valence-corrected chi connectivity index (χ2v) is 8.43. The lowest BCUT2D eigenvalue weighted by Gasteiger charge is -2.24. The van der Waals surface area contributed by atoms with Gasteiger partial charge < -0.3 is 0 Å². The molecule has 0 saturated carbocycles. The van der Waals surface area contributed by atoms with Crippen molar-refractivity contribution in [2.24, 2.45) is 23.7 Å². The predicted octanol–water partition coefficient (Wildman–Crippen LogP) is 4.41. The van der Waals surface area contributed by atoms with Gasteiger partial charge in [-0.2, -0.15) is 8.42 Å². The average molecular weight is 323 g/mol. The molecular weight excluding hydrogens is 288 g/mol. The Balaban J connectivity index is 4.49. The molecule has 4 nitrogen and oxygen atoms in total. The number of hydrogen-bond donors (Lipinski definition) is 0. The standard InChI is InChI=1S/C16H34O4S/c1-11(2)9-13(5)15(7)19-21(17,18)20-16(8)14(6)10-12(3)4/h11-16H,9-10H2,1-8H3. The van der Waals surface area contributed by atoms with Crippen LogP contribution in [0.3, 0.4) is 0 Å². The van der Waals surface area contributed by atoms with E-state index in [0.29, 0.717) is 11.8 Å². The summed E-state index contributed by atoms with van der Waals surface area (Å²) in [5.41, 5.74) is 0. The first-order valence-corrected chi connectivity index (χ1v) is 9.39. The third-order valence-electron chi connectivity index (χ3n) is 3.83. The number of rotatable bonds is 10. The third kappa shape index (κ3) is 9.48. The Hall–Kier alpha value is -0.130. The van der Waals surface area contributed by atoms with Crippen molar-refractivity contribution >= 4 is 10.4 Å². The summed E-state index contributed by atoms with van der Waals surface area (Å²) in [7, 11) is -3.94. The van der Waals surface area contributed by atoms with Crippen LogP contribution in [0.15, 0.2) is 0 Å². The molecule has 0 aromatic rings. The zero-order valence-corrected chi connectivity index (χ0v) is 15.7. The average Bonchev–Trinajstić information content (AvgIpc) is 2.25. The number of hydrogen-bond acceptors (Lipinski definition) is 4. The molecule has 0 rings (SSSR count). The summed E-state index contributed by atoms with van der Waals surface area (Å²) in [6.45, 7) is 16.0. The lowest BCUT2D eigenvalue weighted by atomic mass is 9.95. The van der Waals surface area contributed by atoms with Crippen molar-refractivity contribution in [1.29, 1.82) is 0 Å². The van der Waals surface area contributed by atoms with Gasteiger partial charge in [0, 0.05) is 0 Å². The fourth-order valence-corrected chi connectivity index (χ4v) is 3.62. The highest BCUT2D eigenvalue weighted by atomic mass is 32.3.